The average molecular weight is 387 g/mol. The maximum Gasteiger partial charge on any atom is 0.260 e. The van der Waals surface area contributed by atoms with Crippen LogP contribution in [0.4, 0.5) is 5.82 Å². The highest BCUT2D eigenvalue weighted by atomic mass is 16.1. The van der Waals surface area contributed by atoms with Crippen LogP contribution in [-0.2, 0) is 0 Å². The van der Waals surface area contributed by atoms with Gasteiger partial charge in [-0.2, -0.15) is 0 Å². The largest absolute Gasteiger partial charge is 0.354 e. The Hall–Kier alpha value is -3.52. The van der Waals surface area contributed by atoms with Crippen molar-refractivity contribution in [3.05, 3.63) is 59.4 Å². The van der Waals surface area contributed by atoms with Gasteiger partial charge in [0.15, 0.2) is 0 Å². The van der Waals surface area contributed by atoms with Crippen molar-refractivity contribution in [1.82, 2.24) is 29.8 Å². The molecule has 0 amide bonds. The third-order valence-electron chi connectivity index (χ3n) is 5.37. The van der Waals surface area contributed by atoms with Crippen molar-refractivity contribution in [3.63, 3.8) is 0 Å². The summed E-state index contributed by atoms with van der Waals surface area (Å²) in [6.45, 7) is 4.08. The van der Waals surface area contributed by atoms with Gasteiger partial charge < -0.3 is 19.8 Å². The molecule has 8 nitrogen and oxygen atoms in total. The van der Waals surface area contributed by atoms with Crippen molar-refractivity contribution in [2.45, 2.75) is 0 Å². The number of anilines is 1. The lowest BCUT2D eigenvalue weighted by Crippen LogP contribution is -2.44. The Labute approximate surface area is 167 Å². The Balaban J connectivity index is 1.43. The fourth-order valence-electron chi connectivity index (χ4n) is 3.62. The van der Waals surface area contributed by atoms with E-state index in [1.54, 1.807) is 6.20 Å². The number of piperazine rings is 1. The van der Waals surface area contributed by atoms with E-state index in [4.69, 9.17) is 0 Å². The summed E-state index contributed by atoms with van der Waals surface area (Å²) in [6.07, 6.45) is 5.04. The van der Waals surface area contributed by atoms with Crippen LogP contribution in [0.2, 0.25) is 0 Å². The lowest BCUT2D eigenvalue weighted by Gasteiger charge is -2.33. The van der Waals surface area contributed by atoms with Crippen molar-refractivity contribution in [2.24, 2.45) is 0 Å². The fourth-order valence-corrected chi connectivity index (χ4v) is 3.62. The van der Waals surface area contributed by atoms with Gasteiger partial charge in [0.05, 0.1) is 17.4 Å². The summed E-state index contributed by atoms with van der Waals surface area (Å²) in [5, 5.41) is 0.541. The van der Waals surface area contributed by atoms with Crippen LogP contribution in [0.1, 0.15) is 0 Å². The van der Waals surface area contributed by atoms with Crippen molar-refractivity contribution < 1.29 is 0 Å². The third-order valence-corrected chi connectivity index (χ3v) is 5.37. The topological polar surface area (TPSA) is 93.8 Å². The van der Waals surface area contributed by atoms with E-state index in [9.17, 15) is 4.79 Å². The van der Waals surface area contributed by atoms with Gasteiger partial charge in [0.25, 0.3) is 5.56 Å². The molecular formula is C21H21N7O. The minimum Gasteiger partial charge on any atom is -0.354 e. The first-order chi connectivity index (χ1) is 14.2. The number of aromatic amines is 2. The van der Waals surface area contributed by atoms with E-state index in [2.05, 4.69) is 53.9 Å². The minimum absolute atomic E-state index is 0.157. The molecule has 0 aromatic carbocycles. The molecule has 0 atom stereocenters. The molecule has 5 rings (SSSR count). The number of nitrogens with zero attached hydrogens (tertiary/aromatic N) is 5. The van der Waals surface area contributed by atoms with Gasteiger partial charge in [-0.1, -0.05) is 0 Å². The molecule has 0 radical (unpaired) electrons. The van der Waals surface area contributed by atoms with Crippen molar-refractivity contribution in [1.29, 1.82) is 0 Å². The van der Waals surface area contributed by atoms with E-state index in [0.29, 0.717) is 11.0 Å². The molecule has 4 aromatic heterocycles. The summed E-state index contributed by atoms with van der Waals surface area (Å²) < 4.78 is 0. The second-order valence-corrected chi connectivity index (χ2v) is 7.30. The number of fused-ring (bicyclic) bond motifs is 1. The number of likely N-dealkylation sites (N-methyl/N-ethyl adjacent to an activating group) is 1. The molecule has 0 unspecified atom stereocenters. The summed E-state index contributed by atoms with van der Waals surface area (Å²) >= 11 is 0. The second kappa shape index (κ2) is 7.14. The monoisotopic (exact) mass is 387 g/mol. The Bertz CT molecular complexity index is 1200. The van der Waals surface area contributed by atoms with E-state index in [1.165, 1.54) is 6.33 Å². The van der Waals surface area contributed by atoms with Crippen LogP contribution in [0.15, 0.2) is 53.8 Å². The molecule has 0 spiro atoms. The SMILES string of the molecule is CN1CCN(c2ccc(-c3cc(-c4cc5c(=O)[nH]cnc5[nH]4)ccn3)cn2)CC1. The first-order valence-corrected chi connectivity index (χ1v) is 9.60. The molecule has 1 fully saturated rings. The Kier molecular flexibility index (Phi) is 4.33. The molecule has 1 aliphatic rings. The van der Waals surface area contributed by atoms with Crippen LogP contribution in [0.5, 0.6) is 0 Å². The minimum atomic E-state index is -0.157. The maximum absolute atomic E-state index is 11.9. The molecular weight excluding hydrogens is 366 g/mol. The zero-order chi connectivity index (χ0) is 19.8. The molecule has 146 valence electrons. The van der Waals surface area contributed by atoms with E-state index in [1.807, 2.05) is 24.4 Å². The van der Waals surface area contributed by atoms with Crippen LogP contribution >= 0.6 is 0 Å². The quantitative estimate of drug-likeness (QED) is 0.559. The van der Waals surface area contributed by atoms with Gasteiger partial charge in [0, 0.05) is 55.4 Å². The third kappa shape index (κ3) is 3.38. The lowest BCUT2D eigenvalue weighted by molar-refractivity contribution is 0.312. The summed E-state index contributed by atoms with van der Waals surface area (Å²) in [7, 11) is 2.14. The summed E-state index contributed by atoms with van der Waals surface area (Å²) in [5.74, 6) is 0.999. The normalized spacial score (nSPS) is 15.1. The number of hydrogen-bond acceptors (Lipinski definition) is 6. The van der Waals surface area contributed by atoms with Crippen LogP contribution in [0, 0.1) is 0 Å². The summed E-state index contributed by atoms with van der Waals surface area (Å²) in [4.78, 5) is 35.7. The predicted octanol–water partition coefficient (Wildman–Crippen LogP) is 2.13. The molecule has 1 aliphatic heterocycles. The second-order valence-electron chi connectivity index (χ2n) is 7.30. The highest BCUT2D eigenvalue weighted by Gasteiger charge is 2.15. The highest BCUT2D eigenvalue weighted by Crippen LogP contribution is 2.26. The molecule has 0 saturated carbocycles. The van der Waals surface area contributed by atoms with Gasteiger partial charge in [0.2, 0.25) is 0 Å². The Morgan fingerprint density at radius 1 is 0.966 bits per heavy atom. The lowest BCUT2D eigenvalue weighted by atomic mass is 10.1. The first kappa shape index (κ1) is 17.6. The van der Waals surface area contributed by atoms with Gasteiger partial charge in [-0.05, 0) is 37.4 Å². The molecule has 1 saturated heterocycles. The number of rotatable bonds is 3. The standard InChI is InChI=1S/C21H21N7O/c1-27-6-8-28(9-7-27)19-3-2-15(12-23-19)17-10-14(4-5-22-17)18-11-16-20(26-18)24-13-25-21(16)29/h2-5,10-13H,6-9H2,1H3,(H2,24,25,26,29). The smallest absolute Gasteiger partial charge is 0.260 e. The molecule has 29 heavy (non-hydrogen) atoms. The van der Waals surface area contributed by atoms with Crippen molar-refractivity contribution in [3.8, 4) is 22.5 Å². The molecule has 5 heterocycles. The predicted molar refractivity (Wildman–Crippen MR) is 113 cm³/mol. The van der Waals surface area contributed by atoms with Crippen LogP contribution in [0.3, 0.4) is 0 Å². The van der Waals surface area contributed by atoms with Gasteiger partial charge in [-0.3, -0.25) is 9.78 Å². The number of pyridine rings is 2. The fraction of sp³-hybridized carbons (Fsp3) is 0.238. The number of nitrogens with one attached hydrogen (secondary N) is 2. The molecule has 4 aromatic rings. The van der Waals surface area contributed by atoms with Crippen LogP contribution in [0.25, 0.3) is 33.5 Å². The zero-order valence-corrected chi connectivity index (χ0v) is 16.1. The maximum atomic E-state index is 11.9. The van der Waals surface area contributed by atoms with Crippen molar-refractivity contribution in [2.75, 3.05) is 38.1 Å². The number of aromatic nitrogens is 5. The average Bonchev–Trinajstić information content (AvgIpc) is 3.21. The molecule has 8 heteroatoms. The van der Waals surface area contributed by atoms with E-state index >= 15 is 0 Å². The molecule has 0 aliphatic carbocycles. The van der Waals surface area contributed by atoms with E-state index in [0.717, 1.165) is 54.5 Å². The molecule has 2 N–H and O–H groups in total. The first-order valence-electron chi connectivity index (χ1n) is 9.60. The van der Waals surface area contributed by atoms with Crippen LogP contribution < -0.4 is 10.5 Å². The van der Waals surface area contributed by atoms with Gasteiger partial charge in [-0.15, -0.1) is 0 Å². The van der Waals surface area contributed by atoms with E-state index in [-0.39, 0.29) is 5.56 Å². The number of H-pyrrole nitrogens is 2. The van der Waals surface area contributed by atoms with Crippen LogP contribution in [-0.4, -0.2) is 63.0 Å². The van der Waals surface area contributed by atoms with Gasteiger partial charge in [0.1, 0.15) is 11.5 Å². The van der Waals surface area contributed by atoms with Gasteiger partial charge in [-0.25, -0.2) is 9.97 Å². The molecule has 0 bridgehead atoms. The Morgan fingerprint density at radius 2 is 1.83 bits per heavy atom. The van der Waals surface area contributed by atoms with E-state index < -0.39 is 0 Å². The number of hydrogen-bond donors (Lipinski definition) is 2. The van der Waals surface area contributed by atoms with Gasteiger partial charge >= 0.3 is 0 Å². The summed E-state index contributed by atoms with van der Waals surface area (Å²) in [5.41, 5.74) is 3.97. The highest BCUT2D eigenvalue weighted by molar-refractivity contribution is 5.82. The van der Waals surface area contributed by atoms with Crippen molar-refractivity contribution >= 4 is 16.9 Å². The summed E-state index contributed by atoms with van der Waals surface area (Å²) in [6, 6.07) is 9.83. The zero-order valence-electron chi connectivity index (χ0n) is 16.1. The Morgan fingerprint density at radius 3 is 2.59 bits per heavy atom.